The number of nitrogens with two attached hydrogens (primary N) is 1. The van der Waals surface area contributed by atoms with Gasteiger partial charge in [-0.3, -0.25) is 4.79 Å². The second-order valence-corrected chi connectivity index (χ2v) is 4.46. The van der Waals surface area contributed by atoms with Gasteiger partial charge in [-0.15, -0.1) is 0 Å². The van der Waals surface area contributed by atoms with E-state index in [1.54, 1.807) is 0 Å². The van der Waals surface area contributed by atoms with Crippen LogP contribution in [-0.2, 0) is 0 Å². The smallest absolute Gasteiger partial charge is 0.253 e. The van der Waals surface area contributed by atoms with E-state index >= 15 is 0 Å². The summed E-state index contributed by atoms with van der Waals surface area (Å²) in [5.74, 6) is -0.330. The molecule has 0 radical (unpaired) electrons. The summed E-state index contributed by atoms with van der Waals surface area (Å²) in [6, 6.07) is 3.91. The Kier molecular flexibility index (Phi) is 4.49. The van der Waals surface area contributed by atoms with E-state index in [1.165, 1.54) is 12.1 Å². The summed E-state index contributed by atoms with van der Waals surface area (Å²) >= 11 is 0. The molecule has 0 heterocycles. The van der Waals surface area contributed by atoms with Gasteiger partial charge in [-0.25, -0.2) is 4.39 Å². The molecule has 0 bridgehead atoms. The maximum atomic E-state index is 12.9. The maximum Gasteiger partial charge on any atom is 0.253 e. The van der Waals surface area contributed by atoms with Crippen LogP contribution < -0.4 is 11.1 Å². The van der Waals surface area contributed by atoms with Crippen LogP contribution in [0.1, 0.15) is 37.6 Å². The quantitative estimate of drug-likeness (QED) is 0.792. The van der Waals surface area contributed by atoms with Crippen LogP contribution in [0, 0.1) is 11.7 Å². The summed E-state index contributed by atoms with van der Waals surface area (Å²) in [5, 5.41) is 2.90. The summed E-state index contributed by atoms with van der Waals surface area (Å²) in [6.07, 6.45) is 0.852. The van der Waals surface area contributed by atoms with Gasteiger partial charge in [0.25, 0.3) is 5.91 Å². The molecular weight excluding hydrogens is 219 g/mol. The second kappa shape index (κ2) is 5.66. The van der Waals surface area contributed by atoms with Crippen LogP contribution in [0.4, 0.5) is 10.1 Å². The van der Waals surface area contributed by atoms with Gasteiger partial charge in [0.15, 0.2) is 0 Å². The third-order valence-electron chi connectivity index (χ3n) is 2.82. The predicted molar refractivity (Wildman–Crippen MR) is 67.2 cm³/mol. The summed E-state index contributed by atoms with van der Waals surface area (Å²) < 4.78 is 12.9. The van der Waals surface area contributed by atoms with Crippen LogP contribution in [0.3, 0.4) is 0 Å². The van der Waals surface area contributed by atoms with Gasteiger partial charge >= 0.3 is 0 Å². The Balaban J connectivity index is 2.82. The molecule has 3 N–H and O–H groups in total. The lowest BCUT2D eigenvalue weighted by Crippen LogP contribution is -2.38. The van der Waals surface area contributed by atoms with E-state index in [9.17, 15) is 9.18 Å². The average Bonchev–Trinajstić information content (AvgIpc) is 2.24. The van der Waals surface area contributed by atoms with Crippen molar-refractivity contribution in [2.24, 2.45) is 5.92 Å². The third kappa shape index (κ3) is 3.44. The standard InChI is InChI=1S/C13H19FN2O/c1-4-12(8(2)3)16-13(17)10-6-5-9(14)7-11(10)15/h5-8,12H,4,15H2,1-3H3,(H,16,17). The number of halogens is 1. The molecule has 4 heteroatoms. The van der Waals surface area contributed by atoms with Crippen molar-refractivity contribution in [3.8, 4) is 0 Å². The molecule has 0 aliphatic heterocycles. The van der Waals surface area contributed by atoms with E-state index in [-0.39, 0.29) is 17.6 Å². The van der Waals surface area contributed by atoms with Crippen LogP contribution in [0.2, 0.25) is 0 Å². The van der Waals surface area contributed by atoms with Gasteiger partial charge in [-0.2, -0.15) is 0 Å². The molecule has 1 aromatic rings. The average molecular weight is 238 g/mol. The molecular formula is C13H19FN2O. The van der Waals surface area contributed by atoms with E-state index in [0.29, 0.717) is 11.5 Å². The van der Waals surface area contributed by atoms with E-state index in [0.717, 1.165) is 12.5 Å². The number of nitrogens with one attached hydrogen (secondary N) is 1. The summed E-state index contributed by atoms with van der Waals surface area (Å²) in [5.41, 5.74) is 6.11. The summed E-state index contributed by atoms with van der Waals surface area (Å²) in [7, 11) is 0. The summed E-state index contributed by atoms with van der Waals surface area (Å²) in [6.45, 7) is 6.10. The van der Waals surface area contributed by atoms with Crippen molar-refractivity contribution >= 4 is 11.6 Å². The molecule has 0 aliphatic rings. The third-order valence-corrected chi connectivity index (χ3v) is 2.82. The lowest BCUT2D eigenvalue weighted by atomic mass is 10.0. The first-order valence-electron chi connectivity index (χ1n) is 5.81. The fraction of sp³-hybridized carbons (Fsp3) is 0.462. The fourth-order valence-electron chi connectivity index (χ4n) is 1.73. The number of carbonyl (C=O) groups excluding carboxylic acids is 1. The Bertz CT molecular complexity index is 404. The van der Waals surface area contributed by atoms with Gasteiger partial charge in [0, 0.05) is 11.7 Å². The van der Waals surface area contributed by atoms with Gasteiger partial charge in [0.1, 0.15) is 5.82 Å². The Labute approximate surface area is 101 Å². The Hall–Kier alpha value is -1.58. The molecule has 0 aromatic heterocycles. The van der Waals surface area contributed by atoms with Crippen molar-refractivity contribution in [3.05, 3.63) is 29.6 Å². The van der Waals surface area contributed by atoms with Gasteiger partial charge in [-0.1, -0.05) is 20.8 Å². The lowest BCUT2D eigenvalue weighted by Gasteiger charge is -2.21. The highest BCUT2D eigenvalue weighted by atomic mass is 19.1. The van der Waals surface area contributed by atoms with Crippen LogP contribution in [0.15, 0.2) is 18.2 Å². The number of anilines is 1. The van der Waals surface area contributed by atoms with Crippen molar-refractivity contribution in [1.82, 2.24) is 5.32 Å². The largest absolute Gasteiger partial charge is 0.398 e. The highest BCUT2D eigenvalue weighted by molar-refractivity contribution is 5.99. The molecule has 0 fully saturated rings. The normalized spacial score (nSPS) is 12.5. The first-order valence-corrected chi connectivity index (χ1v) is 5.81. The Morgan fingerprint density at radius 2 is 2.12 bits per heavy atom. The lowest BCUT2D eigenvalue weighted by molar-refractivity contribution is 0.0925. The van der Waals surface area contributed by atoms with Crippen molar-refractivity contribution in [2.75, 3.05) is 5.73 Å². The van der Waals surface area contributed by atoms with Crippen molar-refractivity contribution in [2.45, 2.75) is 33.2 Å². The van der Waals surface area contributed by atoms with Crippen molar-refractivity contribution < 1.29 is 9.18 Å². The minimum atomic E-state index is -0.435. The summed E-state index contributed by atoms with van der Waals surface area (Å²) in [4.78, 5) is 11.9. The van der Waals surface area contributed by atoms with Crippen LogP contribution in [0.5, 0.6) is 0 Å². The van der Waals surface area contributed by atoms with Gasteiger partial charge < -0.3 is 11.1 Å². The molecule has 94 valence electrons. The van der Waals surface area contributed by atoms with Crippen molar-refractivity contribution in [1.29, 1.82) is 0 Å². The molecule has 0 saturated heterocycles. The number of rotatable bonds is 4. The highest BCUT2D eigenvalue weighted by Gasteiger charge is 2.17. The number of hydrogen-bond acceptors (Lipinski definition) is 2. The van der Waals surface area contributed by atoms with E-state index < -0.39 is 5.82 Å². The van der Waals surface area contributed by atoms with E-state index in [1.807, 2.05) is 20.8 Å². The number of nitrogen functional groups attached to an aromatic ring is 1. The van der Waals surface area contributed by atoms with Gasteiger partial charge in [0.05, 0.1) is 5.56 Å². The zero-order valence-corrected chi connectivity index (χ0v) is 10.5. The highest BCUT2D eigenvalue weighted by Crippen LogP contribution is 2.14. The SMILES string of the molecule is CCC(NC(=O)c1ccc(F)cc1N)C(C)C. The topological polar surface area (TPSA) is 55.1 Å². The predicted octanol–water partition coefficient (Wildman–Crippen LogP) is 2.57. The monoisotopic (exact) mass is 238 g/mol. The first-order chi connectivity index (χ1) is 7.95. The Morgan fingerprint density at radius 3 is 2.59 bits per heavy atom. The molecule has 0 spiro atoms. The van der Waals surface area contributed by atoms with Gasteiger partial charge in [0.2, 0.25) is 0 Å². The van der Waals surface area contributed by atoms with E-state index in [2.05, 4.69) is 5.32 Å². The number of hydrogen-bond donors (Lipinski definition) is 2. The molecule has 1 atom stereocenters. The number of benzene rings is 1. The molecule has 0 saturated carbocycles. The molecule has 3 nitrogen and oxygen atoms in total. The molecule has 1 amide bonds. The number of carbonyl (C=O) groups is 1. The number of amides is 1. The van der Waals surface area contributed by atoms with Crippen LogP contribution in [0.25, 0.3) is 0 Å². The molecule has 0 aliphatic carbocycles. The van der Waals surface area contributed by atoms with Gasteiger partial charge in [-0.05, 0) is 30.5 Å². The Morgan fingerprint density at radius 1 is 1.47 bits per heavy atom. The molecule has 1 aromatic carbocycles. The van der Waals surface area contributed by atoms with Crippen LogP contribution >= 0.6 is 0 Å². The fourth-order valence-corrected chi connectivity index (χ4v) is 1.73. The second-order valence-electron chi connectivity index (χ2n) is 4.46. The molecule has 17 heavy (non-hydrogen) atoms. The van der Waals surface area contributed by atoms with E-state index in [4.69, 9.17) is 5.73 Å². The molecule has 1 unspecified atom stereocenters. The van der Waals surface area contributed by atoms with Crippen molar-refractivity contribution in [3.63, 3.8) is 0 Å². The maximum absolute atomic E-state index is 12.9. The van der Waals surface area contributed by atoms with Crippen LogP contribution in [-0.4, -0.2) is 11.9 Å². The zero-order chi connectivity index (χ0) is 13.0. The first kappa shape index (κ1) is 13.5. The minimum Gasteiger partial charge on any atom is -0.398 e. The molecule has 1 rings (SSSR count). The minimum absolute atomic E-state index is 0.104. The zero-order valence-electron chi connectivity index (χ0n) is 10.5.